The van der Waals surface area contributed by atoms with Crippen LogP contribution in [0.3, 0.4) is 0 Å². The highest BCUT2D eigenvalue weighted by Gasteiger charge is 2.14. The molecule has 84 valence electrons. The molecule has 0 saturated carbocycles. The Kier molecular flexibility index (Phi) is 3.85. The van der Waals surface area contributed by atoms with Crippen LogP contribution in [0.25, 0.3) is 0 Å². The Bertz CT molecular complexity index is 332. The van der Waals surface area contributed by atoms with Crippen LogP contribution in [0.2, 0.25) is 0 Å². The van der Waals surface area contributed by atoms with E-state index in [1.165, 1.54) is 0 Å². The molecule has 1 unspecified atom stereocenters. The molecule has 0 radical (unpaired) electrons. The number of aromatic nitrogens is 2. The van der Waals surface area contributed by atoms with E-state index in [0.717, 1.165) is 6.42 Å². The summed E-state index contributed by atoms with van der Waals surface area (Å²) in [6.45, 7) is 2.60. The number of nitrogens with zero attached hydrogens (tertiary/aromatic N) is 3. The van der Waals surface area contributed by atoms with Crippen molar-refractivity contribution in [2.24, 2.45) is 12.8 Å². The molecule has 0 fully saturated rings. The van der Waals surface area contributed by atoms with Gasteiger partial charge in [-0.1, -0.05) is 0 Å². The van der Waals surface area contributed by atoms with Gasteiger partial charge in [0.15, 0.2) is 0 Å². The number of amides is 1. The summed E-state index contributed by atoms with van der Waals surface area (Å²) < 4.78 is 1.71. The largest absolute Gasteiger partial charge is 0.340 e. The number of nitrogens with two attached hydrogens (primary N) is 1. The Labute approximate surface area is 89.9 Å². The first kappa shape index (κ1) is 11.7. The van der Waals surface area contributed by atoms with E-state index in [2.05, 4.69) is 4.98 Å². The third kappa shape index (κ3) is 3.06. The lowest BCUT2D eigenvalue weighted by Crippen LogP contribution is -2.32. The second kappa shape index (κ2) is 4.93. The van der Waals surface area contributed by atoms with Crippen LogP contribution >= 0.6 is 0 Å². The maximum Gasteiger partial charge on any atom is 0.271 e. The SMILES string of the molecule is CC(N)CCN(C)C(=O)c1cncn1C. The average molecular weight is 210 g/mol. The lowest BCUT2D eigenvalue weighted by atomic mass is 10.2. The van der Waals surface area contributed by atoms with Gasteiger partial charge in [0.1, 0.15) is 5.69 Å². The molecular formula is C10H18N4O. The third-order valence-electron chi connectivity index (χ3n) is 2.30. The van der Waals surface area contributed by atoms with Gasteiger partial charge in [0.05, 0.1) is 12.5 Å². The smallest absolute Gasteiger partial charge is 0.271 e. The standard InChI is InChI=1S/C10H18N4O/c1-8(11)4-5-13(2)10(15)9-6-12-7-14(9)3/h6-8H,4-5,11H2,1-3H3. The van der Waals surface area contributed by atoms with Crippen LogP contribution < -0.4 is 5.73 Å². The van der Waals surface area contributed by atoms with Crippen molar-refractivity contribution >= 4 is 5.91 Å². The van der Waals surface area contributed by atoms with E-state index in [-0.39, 0.29) is 11.9 Å². The lowest BCUT2D eigenvalue weighted by molar-refractivity contribution is 0.0782. The zero-order valence-electron chi connectivity index (χ0n) is 9.47. The summed E-state index contributed by atoms with van der Waals surface area (Å²) in [5.41, 5.74) is 6.23. The minimum atomic E-state index is -0.0179. The van der Waals surface area contributed by atoms with Crippen LogP contribution in [-0.2, 0) is 7.05 Å². The Hall–Kier alpha value is -1.36. The minimum absolute atomic E-state index is 0.0179. The fourth-order valence-corrected chi connectivity index (χ4v) is 1.26. The van der Waals surface area contributed by atoms with Crippen molar-refractivity contribution in [2.75, 3.05) is 13.6 Å². The van der Waals surface area contributed by atoms with Gasteiger partial charge in [-0.05, 0) is 13.3 Å². The van der Waals surface area contributed by atoms with Crippen molar-refractivity contribution in [2.45, 2.75) is 19.4 Å². The van der Waals surface area contributed by atoms with Gasteiger partial charge in [-0.2, -0.15) is 0 Å². The zero-order valence-corrected chi connectivity index (χ0v) is 9.47. The Morgan fingerprint density at radius 1 is 1.73 bits per heavy atom. The van der Waals surface area contributed by atoms with E-state index in [1.807, 2.05) is 6.92 Å². The third-order valence-corrected chi connectivity index (χ3v) is 2.30. The maximum atomic E-state index is 11.9. The molecular weight excluding hydrogens is 192 g/mol. The molecule has 5 nitrogen and oxygen atoms in total. The number of rotatable bonds is 4. The predicted octanol–water partition coefficient (Wildman–Crippen LogP) is 0.229. The molecule has 1 rings (SSSR count). The van der Waals surface area contributed by atoms with Crippen LogP contribution in [0, 0.1) is 0 Å². The van der Waals surface area contributed by atoms with E-state index >= 15 is 0 Å². The van der Waals surface area contributed by atoms with E-state index < -0.39 is 0 Å². The van der Waals surface area contributed by atoms with E-state index in [1.54, 1.807) is 36.1 Å². The van der Waals surface area contributed by atoms with E-state index in [9.17, 15) is 4.79 Å². The molecule has 1 amide bonds. The molecule has 0 aliphatic heterocycles. The summed E-state index contributed by atoms with van der Waals surface area (Å²) in [6, 6.07) is 0.117. The molecule has 0 aromatic carbocycles. The van der Waals surface area contributed by atoms with Crippen molar-refractivity contribution in [3.63, 3.8) is 0 Å². The van der Waals surface area contributed by atoms with Gasteiger partial charge in [-0.3, -0.25) is 4.79 Å². The zero-order chi connectivity index (χ0) is 11.4. The number of carbonyl (C=O) groups is 1. The first-order valence-corrected chi connectivity index (χ1v) is 4.99. The summed E-state index contributed by atoms with van der Waals surface area (Å²) in [5, 5.41) is 0. The molecule has 1 aromatic rings. The summed E-state index contributed by atoms with van der Waals surface area (Å²) in [6.07, 6.45) is 4.00. The first-order valence-electron chi connectivity index (χ1n) is 4.99. The number of carbonyl (C=O) groups excluding carboxylic acids is 1. The second-order valence-corrected chi connectivity index (χ2v) is 3.88. The molecule has 0 bridgehead atoms. The Morgan fingerprint density at radius 3 is 2.87 bits per heavy atom. The fraction of sp³-hybridized carbons (Fsp3) is 0.600. The Balaban J connectivity index is 2.57. The average Bonchev–Trinajstić information content (AvgIpc) is 2.59. The molecule has 1 heterocycles. The maximum absolute atomic E-state index is 11.9. The van der Waals surface area contributed by atoms with Crippen LogP contribution in [0.5, 0.6) is 0 Å². The number of hydrogen-bond donors (Lipinski definition) is 1. The van der Waals surface area contributed by atoms with Gasteiger partial charge < -0.3 is 15.2 Å². The van der Waals surface area contributed by atoms with Crippen molar-refractivity contribution in [3.05, 3.63) is 18.2 Å². The molecule has 1 aromatic heterocycles. The topological polar surface area (TPSA) is 64.2 Å². The molecule has 0 aliphatic carbocycles. The summed E-state index contributed by atoms with van der Waals surface area (Å²) >= 11 is 0. The quantitative estimate of drug-likeness (QED) is 0.773. The molecule has 1 atom stereocenters. The molecule has 5 heteroatoms. The van der Waals surface area contributed by atoms with Crippen molar-refractivity contribution < 1.29 is 4.79 Å². The predicted molar refractivity (Wildman–Crippen MR) is 58.4 cm³/mol. The molecule has 0 saturated heterocycles. The molecule has 0 aliphatic rings. The Morgan fingerprint density at radius 2 is 2.40 bits per heavy atom. The van der Waals surface area contributed by atoms with Gasteiger partial charge in [0.25, 0.3) is 5.91 Å². The molecule has 2 N–H and O–H groups in total. The lowest BCUT2D eigenvalue weighted by Gasteiger charge is -2.18. The van der Waals surface area contributed by atoms with E-state index in [0.29, 0.717) is 12.2 Å². The number of imidazole rings is 1. The van der Waals surface area contributed by atoms with Crippen LogP contribution in [0.4, 0.5) is 0 Å². The van der Waals surface area contributed by atoms with Gasteiger partial charge in [-0.15, -0.1) is 0 Å². The minimum Gasteiger partial charge on any atom is -0.340 e. The normalized spacial score (nSPS) is 12.5. The summed E-state index contributed by atoms with van der Waals surface area (Å²) in [5.74, 6) is -0.0179. The van der Waals surface area contributed by atoms with Gasteiger partial charge >= 0.3 is 0 Å². The van der Waals surface area contributed by atoms with Crippen LogP contribution in [-0.4, -0.2) is 40.0 Å². The van der Waals surface area contributed by atoms with Crippen molar-refractivity contribution in [1.82, 2.24) is 14.5 Å². The molecule has 15 heavy (non-hydrogen) atoms. The summed E-state index contributed by atoms with van der Waals surface area (Å²) in [7, 11) is 3.58. The highest BCUT2D eigenvalue weighted by Crippen LogP contribution is 2.02. The monoisotopic (exact) mass is 210 g/mol. The number of hydrogen-bond acceptors (Lipinski definition) is 3. The van der Waals surface area contributed by atoms with Crippen LogP contribution in [0.1, 0.15) is 23.8 Å². The van der Waals surface area contributed by atoms with Gasteiger partial charge in [0.2, 0.25) is 0 Å². The first-order chi connectivity index (χ1) is 7.02. The number of aryl methyl sites for hydroxylation is 1. The highest BCUT2D eigenvalue weighted by atomic mass is 16.2. The van der Waals surface area contributed by atoms with Crippen molar-refractivity contribution in [1.29, 1.82) is 0 Å². The fourth-order valence-electron chi connectivity index (χ4n) is 1.26. The summed E-state index contributed by atoms with van der Waals surface area (Å²) in [4.78, 5) is 17.4. The van der Waals surface area contributed by atoms with Gasteiger partial charge in [-0.25, -0.2) is 4.98 Å². The van der Waals surface area contributed by atoms with Crippen molar-refractivity contribution in [3.8, 4) is 0 Å². The van der Waals surface area contributed by atoms with E-state index in [4.69, 9.17) is 5.73 Å². The highest BCUT2D eigenvalue weighted by molar-refractivity contribution is 5.92. The molecule has 0 spiro atoms. The van der Waals surface area contributed by atoms with Gasteiger partial charge in [0, 0.05) is 26.7 Å². The van der Waals surface area contributed by atoms with Crippen LogP contribution in [0.15, 0.2) is 12.5 Å². The second-order valence-electron chi connectivity index (χ2n) is 3.88.